The van der Waals surface area contributed by atoms with Crippen molar-refractivity contribution in [3.8, 4) is 0 Å². The molecular formula is C18H26O3. The lowest BCUT2D eigenvalue weighted by atomic mass is 9.78. The molecule has 1 heterocycles. The molecule has 1 aliphatic heterocycles. The molecule has 0 spiro atoms. The number of hydrogen-bond donors (Lipinski definition) is 0. The zero-order valence-corrected chi connectivity index (χ0v) is 13.5. The Morgan fingerprint density at radius 2 is 1.90 bits per heavy atom. The van der Waals surface area contributed by atoms with Crippen molar-refractivity contribution in [2.75, 3.05) is 6.61 Å². The number of epoxide rings is 1. The second-order valence-electron chi connectivity index (χ2n) is 6.19. The predicted octanol–water partition coefficient (Wildman–Crippen LogP) is 4.06. The molecule has 1 aromatic carbocycles. The van der Waals surface area contributed by atoms with Gasteiger partial charge in [0.2, 0.25) is 0 Å². The summed E-state index contributed by atoms with van der Waals surface area (Å²) in [7, 11) is 0. The van der Waals surface area contributed by atoms with Crippen molar-refractivity contribution < 1.29 is 14.3 Å². The number of carbonyl (C=O) groups is 1. The van der Waals surface area contributed by atoms with E-state index in [1.54, 1.807) is 0 Å². The molecule has 1 fully saturated rings. The van der Waals surface area contributed by atoms with Crippen LogP contribution in [0.4, 0.5) is 0 Å². The van der Waals surface area contributed by atoms with Crippen molar-refractivity contribution in [3.63, 3.8) is 0 Å². The van der Waals surface area contributed by atoms with E-state index in [0.29, 0.717) is 18.9 Å². The molecule has 0 aliphatic carbocycles. The first kappa shape index (κ1) is 16.0. The fourth-order valence-electron chi connectivity index (χ4n) is 3.33. The molecule has 2 unspecified atom stereocenters. The van der Waals surface area contributed by atoms with Gasteiger partial charge in [0.05, 0.1) is 6.61 Å². The van der Waals surface area contributed by atoms with Crippen molar-refractivity contribution in [1.29, 1.82) is 0 Å². The Morgan fingerprint density at radius 3 is 2.43 bits per heavy atom. The molecule has 1 aromatic rings. The van der Waals surface area contributed by atoms with E-state index in [9.17, 15) is 4.79 Å². The van der Waals surface area contributed by atoms with E-state index in [2.05, 4.69) is 32.9 Å². The SMILES string of the molecule is CCCC1(C(=O)OCC)OC1(CC(C)C)c1ccccc1. The Bertz CT molecular complexity index is 482. The third-order valence-corrected chi connectivity index (χ3v) is 4.10. The van der Waals surface area contributed by atoms with Crippen LogP contribution in [-0.2, 0) is 19.9 Å². The molecule has 0 radical (unpaired) electrons. The first-order valence-electron chi connectivity index (χ1n) is 7.95. The third-order valence-electron chi connectivity index (χ3n) is 4.10. The molecule has 2 rings (SSSR count). The van der Waals surface area contributed by atoms with Crippen LogP contribution in [0.5, 0.6) is 0 Å². The summed E-state index contributed by atoms with van der Waals surface area (Å²) in [5.74, 6) is 0.231. The van der Waals surface area contributed by atoms with Crippen molar-refractivity contribution in [1.82, 2.24) is 0 Å². The zero-order valence-electron chi connectivity index (χ0n) is 13.5. The molecular weight excluding hydrogens is 264 g/mol. The highest BCUT2D eigenvalue weighted by molar-refractivity contribution is 5.85. The van der Waals surface area contributed by atoms with Gasteiger partial charge < -0.3 is 9.47 Å². The summed E-state index contributed by atoms with van der Waals surface area (Å²) in [6, 6.07) is 10.1. The monoisotopic (exact) mass is 290 g/mol. The van der Waals surface area contributed by atoms with Crippen LogP contribution in [-0.4, -0.2) is 18.2 Å². The van der Waals surface area contributed by atoms with E-state index in [1.165, 1.54) is 0 Å². The average Bonchev–Trinajstić information content (AvgIpc) is 3.09. The number of rotatable bonds is 7. The number of esters is 1. The lowest BCUT2D eigenvalue weighted by Crippen LogP contribution is -2.35. The molecule has 3 heteroatoms. The maximum absolute atomic E-state index is 12.5. The second-order valence-corrected chi connectivity index (χ2v) is 6.19. The largest absolute Gasteiger partial charge is 0.464 e. The molecule has 0 aromatic heterocycles. The van der Waals surface area contributed by atoms with Crippen molar-refractivity contribution in [3.05, 3.63) is 35.9 Å². The van der Waals surface area contributed by atoms with Crippen LogP contribution < -0.4 is 0 Å². The van der Waals surface area contributed by atoms with Gasteiger partial charge in [-0.25, -0.2) is 4.79 Å². The van der Waals surface area contributed by atoms with Gasteiger partial charge in [0.1, 0.15) is 5.60 Å². The standard InChI is InChI=1S/C18H26O3/c1-5-12-17(16(19)20-6-2)18(21-17,13-14(3)4)15-10-8-7-9-11-15/h7-11,14H,5-6,12-13H2,1-4H3. The minimum absolute atomic E-state index is 0.212. The van der Waals surface area contributed by atoms with Gasteiger partial charge in [-0.05, 0) is 31.2 Å². The van der Waals surface area contributed by atoms with Gasteiger partial charge in [-0.15, -0.1) is 0 Å². The van der Waals surface area contributed by atoms with Gasteiger partial charge in [0.15, 0.2) is 5.60 Å². The van der Waals surface area contributed by atoms with Crippen LogP contribution in [0.3, 0.4) is 0 Å². The number of hydrogen-bond acceptors (Lipinski definition) is 3. The van der Waals surface area contributed by atoms with Gasteiger partial charge in [-0.1, -0.05) is 57.5 Å². The molecule has 0 amide bonds. The van der Waals surface area contributed by atoms with Gasteiger partial charge in [0.25, 0.3) is 0 Å². The van der Waals surface area contributed by atoms with E-state index >= 15 is 0 Å². The molecule has 1 aliphatic rings. The fraction of sp³-hybridized carbons (Fsp3) is 0.611. The van der Waals surface area contributed by atoms with Gasteiger partial charge in [-0.3, -0.25) is 0 Å². The number of carbonyl (C=O) groups excluding carboxylic acids is 1. The van der Waals surface area contributed by atoms with Crippen LogP contribution in [0, 0.1) is 5.92 Å². The summed E-state index contributed by atoms with van der Waals surface area (Å²) in [5, 5.41) is 0. The third kappa shape index (κ3) is 2.71. The van der Waals surface area contributed by atoms with E-state index < -0.39 is 11.2 Å². The minimum Gasteiger partial charge on any atom is -0.464 e. The van der Waals surface area contributed by atoms with E-state index in [4.69, 9.17) is 9.47 Å². The first-order chi connectivity index (χ1) is 10.0. The summed E-state index contributed by atoms with van der Waals surface area (Å²) >= 11 is 0. The molecule has 0 N–H and O–H groups in total. The highest BCUT2D eigenvalue weighted by atomic mass is 16.7. The van der Waals surface area contributed by atoms with Crippen LogP contribution in [0.15, 0.2) is 30.3 Å². The summed E-state index contributed by atoms with van der Waals surface area (Å²) < 4.78 is 11.5. The lowest BCUT2D eigenvalue weighted by molar-refractivity contribution is -0.150. The molecule has 0 bridgehead atoms. The van der Waals surface area contributed by atoms with Crippen LogP contribution in [0.1, 0.15) is 52.5 Å². The zero-order chi connectivity index (χ0) is 15.5. The second kappa shape index (κ2) is 6.18. The molecule has 2 atom stereocenters. The van der Waals surface area contributed by atoms with E-state index in [1.807, 2.05) is 25.1 Å². The number of ether oxygens (including phenoxy) is 2. The van der Waals surface area contributed by atoms with E-state index in [-0.39, 0.29) is 5.97 Å². The van der Waals surface area contributed by atoms with E-state index in [0.717, 1.165) is 18.4 Å². The smallest absolute Gasteiger partial charge is 0.341 e. The highest BCUT2D eigenvalue weighted by Gasteiger charge is 2.75. The van der Waals surface area contributed by atoms with Crippen LogP contribution in [0.2, 0.25) is 0 Å². The molecule has 1 saturated heterocycles. The molecule has 21 heavy (non-hydrogen) atoms. The van der Waals surface area contributed by atoms with Crippen LogP contribution >= 0.6 is 0 Å². The van der Waals surface area contributed by atoms with Crippen molar-refractivity contribution >= 4 is 5.97 Å². The molecule has 116 valence electrons. The number of benzene rings is 1. The van der Waals surface area contributed by atoms with Crippen molar-refractivity contribution in [2.24, 2.45) is 5.92 Å². The predicted molar refractivity (Wildman–Crippen MR) is 82.9 cm³/mol. The Balaban J connectivity index is 2.40. The summed E-state index contributed by atoms with van der Waals surface area (Å²) in [5.41, 5.74) is -0.242. The van der Waals surface area contributed by atoms with Crippen LogP contribution in [0.25, 0.3) is 0 Å². The summed E-state index contributed by atoms with van der Waals surface area (Å²) in [4.78, 5) is 12.5. The molecule has 3 nitrogen and oxygen atoms in total. The lowest BCUT2D eigenvalue weighted by Gasteiger charge is -2.21. The average molecular weight is 290 g/mol. The quantitative estimate of drug-likeness (QED) is 0.561. The Kier molecular flexibility index (Phi) is 4.72. The Labute approximate surface area is 127 Å². The normalized spacial score (nSPS) is 27.7. The minimum atomic E-state index is -0.802. The Hall–Kier alpha value is -1.35. The first-order valence-corrected chi connectivity index (χ1v) is 7.95. The van der Waals surface area contributed by atoms with Gasteiger partial charge >= 0.3 is 5.97 Å². The van der Waals surface area contributed by atoms with Gasteiger partial charge in [0, 0.05) is 0 Å². The summed E-state index contributed by atoms with van der Waals surface area (Å²) in [6.45, 7) is 8.63. The maximum Gasteiger partial charge on any atom is 0.341 e. The maximum atomic E-state index is 12.5. The topological polar surface area (TPSA) is 38.8 Å². The molecule has 0 saturated carbocycles. The fourth-order valence-corrected chi connectivity index (χ4v) is 3.33. The summed E-state index contributed by atoms with van der Waals surface area (Å²) in [6.07, 6.45) is 2.43. The highest BCUT2D eigenvalue weighted by Crippen LogP contribution is 2.62. The van der Waals surface area contributed by atoms with Gasteiger partial charge in [-0.2, -0.15) is 0 Å². The Morgan fingerprint density at radius 1 is 1.24 bits per heavy atom. The van der Waals surface area contributed by atoms with Crippen molar-refractivity contribution in [2.45, 2.75) is 58.2 Å².